The zero-order chi connectivity index (χ0) is 19.3. The summed E-state index contributed by atoms with van der Waals surface area (Å²) in [7, 11) is 0. The Kier molecular flexibility index (Phi) is 5.10. The third-order valence-electron chi connectivity index (χ3n) is 4.69. The first-order chi connectivity index (χ1) is 13.7. The van der Waals surface area contributed by atoms with Crippen LogP contribution < -0.4 is 11.1 Å². The SMILES string of the molecule is Nc1cc(NCCCC(=O)c2ccccn2)c2ccc(C3=CC=NC3)cc2n1. The van der Waals surface area contributed by atoms with E-state index in [1.165, 1.54) is 5.57 Å². The molecule has 0 radical (unpaired) electrons. The number of hydrogen-bond acceptors (Lipinski definition) is 6. The number of pyridine rings is 2. The molecule has 3 heterocycles. The fraction of sp³-hybridized carbons (Fsp3) is 0.182. The van der Waals surface area contributed by atoms with E-state index in [1.807, 2.05) is 30.5 Å². The molecular formula is C22H21N5O. The van der Waals surface area contributed by atoms with Gasteiger partial charge in [0, 0.05) is 42.5 Å². The van der Waals surface area contributed by atoms with Crippen LogP contribution >= 0.6 is 0 Å². The van der Waals surface area contributed by atoms with Crippen LogP contribution in [0, 0.1) is 0 Å². The molecule has 140 valence electrons. The summed E-state index contributed by atoms with van der Waals surface area (Å²) in [5.74, 6) is 0.520. The molecule has 2 aromatic heterocycles. The quantitative estimate of drug-likeness (QED) is 0.487. The van der Waals surface area contributed by atoms with Crippen molar-refractivity contribution < 1.29 is 4.79 Å². The Labute approximate surface area is 163 Å². The van der Waals surface area contributed by atoms with E-state index < -0.39 is 0 Å². The highest BCUT2D eigenvalue weighted by Gasteiger charge is 2.10. The number of nitrogens with zero attached hydrogens (tertiary/aromatic N) is 3. The molecule has 1 aliphatic rings. The summed E-state index contributed by atoms with van der Waals surface area (Å²) in [4.78, 5) is 25.0. The number of ketones is 1. The number of anilines is 2. The van der Waals surface area contributed by atoms with Crippen LogP contribution in [0.15, 0.2) is 59.7 Å². The molecule has 6 heteroatoms. The molecule has 0 saturated heterocycles. The largest absolute Gasteiger partial charge is 0.384 e. The van der Waals surface area contributed by atoms with Gasteiger partial charge >= 0.3 is 0 Å². The molecule has 0 bridgehead atoms. The Hall–Kier alpha value is -3.54. The number of Topliss-reactive ketones (excluding diaryl/α,β-unsaturated/α-hetero) is 1. The Balaban J connectivity index is 1.44. The molecule has 0 spiro atoms. The smallest absolute Gasteiger partial charge is 0.181 e. The minimum Gasteiger partial charge on any atom is -0.384 e. The number of rotatable bonds is 7. The first-order valence-corrected chi connectivity index (χ1v) is 9.28. The zero-order valence-corrected chi connectivity index (χ0v) is 15.4. The van der Waals surface area contributed by atoms with E-state index in [0.717, 1.165) is 22.2 Å². The molecular weight excluding hydrogens is 350 g/mol. The van der Waals surface area contributed by atoms with Gasteiger partial charge in [0.15, 0.2) is 5.78 Å². The number of nitrogens with two attached hydrogens (primary N) is 1. The van der Waals surface area contributed by atoms with E-state index in [0.29, 0.717) is 37.4 Å². The third-order valence-corrected chi connectivity index (χ3v) is 4.69. The second-order valence-electron chi connectivity index (χ2n) is 6.68. The molecule has 28 heavy (non-hydrogen) atoms. The van der Waals surface area contributed by atoms with Gasteiger partial charge in [0.2, 0.25) is 0 Å². The normalized spacial score (nSPS) is 12.9. The van der Waals surface area contributed by atoms with Gasteiger partial charge < -0.3 is 11.1 Å². The standard InChI is InChI=1S/C22H21N5O/c23-22-13-19(26-10-3-5-21(28)18-4-1-2-9-25-18)17-7-6-15(12-20(17)27-22)16-8-11-24-14-16/h1-2,4,6-9,11-13H,3,5,10,14H2,(H3,23,26,27). The van der Waals surface area contributed by atoms with Gasteiger partial charge in [-0.1, -0.05) is 18.2 Å². The van der Waals surface area contributed by atoms with E-state index in [4.69, 9.17) is 5.73 Å². The number of aliphatic imine (C=N–C) groups is 1. The van der Waals surface area contributed by atoms with Gasteiger partial charge in [-0.15, -0.1) is 0 Å². The topological polar surface area (TPSA) is 93.3 Å². The van der Waals surface area contributed by atoms with Crippen LogP contribution in [-0.4, -0.2) is 35.1 Å². The molecule has 0 saturated carbocycles. The van der Waals surface area contributed by atoms with Crippen LogP contribution in [-0.2, 0) is 0 Å². The number of hydrogen-bond donors (Lipinski definition) is 2. The number of nitrogens with one attached hydrogen (secondary N) is 1. The molecule has 6 nitrogen and oxygen atoms in total. The Morgan fingerprint density at radius 1 is 1.18 bits per heavy atom. The number of carbonyl (C=O) groups excluding carboxylic acids is 1. The van der Waals surface area contributed by atoms with Crippen LogP contribution in [0.1, 0.15) is 28.9 Å². The van der Waals surface area contributed by atoms with Crippen molar-refractivity contribution in [2.24, 2.45) is 4.99 Å². The van der Waals surface area contributed by atoms with Gasteiger partial charge in [-0.3, -0.25) is 14.8 Å². The maximum Gasteiger partial charge on any atom is 0.181 e. The van der Waals surface area contributed by atoms with Crippen molar-refractivity contribution >= 4 is 40.0 Å². The van der Waals surface area contributed by atoms with E-state index >= 15 is 0 Å². The molecule has 1 aromatic carbocycles. The lowest BCUT2D eigenvalue weighted by atomic mass is 10.0. The maximum absolute atomic E-state index is 12.2. The average Bonchev–Trinajstić information content (AvgIpc) is 3.26. The lowest BCUT2D eigenvalue weighted by molar-refractivity contribution is 0.0976. The van der Waals surface area contributed by atoms with Crippen molar-refractivity contribution in [3.8, 4) is 0 Å². The summed E-state index contributed by atoms with van der Waals surface area (Å²) in [5.41, 5.74) is 10.6. The average molecular weight is 371 g/mol. The van der Waals surface area contributed by atoms with Crippen molar-refractivity contribution in [3.05, 3.63) is 66.0 Å². The predicted molar refractivity (Wildman–Crippen MR) is 114 cm³/mol. The van der Waals surface area contributed by atoms with Crippen molar-refractivity contribution in [1.29, 1.82) is 0 Å². The van der Waals surface area contributed by atoms with E-state index in [9.17, 15) is 4.79 Å². The minimum atomic E-state index is 0.0539. The van der Waals surface area contributed by atoms with Crippen molar-refractivity contribution in [2.45, 2.75) is 12.8 Å². The summed E-state index contributed by atoms with van der Waals surface area (Å²) in [6.07, 6.45) is 6.64. The highest BCUT2D eigenvalue weighted by Crippen LogP contribution is 2.28. The summed E-state index contributed by atoms with van der Waals surface area (Å²) >= 11 is 0. The van der Waals surface area contributed by atoms with E-state index in [-0.39, 0.29) is 5.78 Å². The Morgan fingerprint density at radius 3 is 2.89 bits per heavy atom. The van der Waals surface area contributed by atoms with Gasteiger partial charge in [0.1, 0.15) is 11.5 Å². The van der Waals surface area contributed by atoms with Crippen molar-refractivity contribution in [2.75, 3.05) is 24.1 Å². The van der Waals surface area contributed by atoms with Gasteiger partial charge in [-0.05, 0) is 41.8 Å². The van der Waals surface area contributed by atoms with Crippen LogP contribution in [0.4, 0.5) is 11.5 Å². The lowest BCUT2D eigenvalue weighted by Crippen LogP contribution is -2.08. The molecule has 0 fully saturated rings. The molecule has 3 aromatic rings. The second kappa shape index (κ2) is 8.00. The Morgan fingerprint density at radius 2 is 2.11 bits per heavy atom. The first-order valence-electron chi connectivity index (χ1n) is 9.28. The fourth-order valence-corrected chi connectivity index (χ4v) is 3.26. The highest BCUT2D eigenvalue weighted by atomic mass is 16.1. The summed E-state index contributed by atoms with van der Waals surface area (Å²) < 4.78 is 0. The third kappa shape index (κ3) is 3.91. The van der Waals surface area contributed by atoms with E-state index in [2.05, 4.69) is 32.4 Å². The van der Waals surface area contributed by atoms with Gasteiger partial charge in [-0.25, -0.2) is 4.98 Å². The summed E-state index contributed by atoms with van der Waals surface area (Å²) in [6.45, 7) is 1.36. The van der Waals surface area contributed by atoms with Crippen molar-refractivity contribution in [3.63, 3.8) is 0 Å². The molecule has 3 N–H and O–H groups in total. The van der Waals surface area contributed by atoms with E-state index in [1.54, 1.807) is 18.3 Å². The van der Waals surface area contributed by atoms with Gasteiger partial charge in [0.05, 0.1) is 12.1 Å². The number of benzene rings is 1. The molecule has 0 amide bonds. The number of fused-ring (bicyclic) bond motifs is 1. The molecule has 0 unspecified atom stereocenters. The minimum absolute atomic E-state index is 0.0539. The van der Waals surface area contributed by atoms with Crippen LogP contribution in [0.2, 0.25) is 0 Å². The zero-order valence-electron chi connectivity index (χ0n) is 15.4. The van der Waals surface area contributed by atoms with Crippen molar-refractivity contribution in [1.82, 2.24) is 9.97 Å². The lowest BCUT2D eigenvalue weighted by Gasteiger charge is -2.12. The number of allylic oxidation sites excluding steroid dienone is 1. The Bertz CT molecular complexity index is 1070. The van der Waals surface area contributed by atoms with Crippen LogP contribution in [0.3, 0.4) is 0 Å². The van der Waals surface area contributed by atoms with Crippen LogP contribution in [0.25, 0.3) is 16.5 Å². The number of aromatic nitrogens is 2. The highest BCUT2D eigenvalue weighted by molar-refractivity contribution is 5.97. The van der Waals surface area contributed by atoms with Crippen LogP contribution in [0.5, 0.6) is 0 Å². The van der Waals surface area contributed by atoms with Gasteiger partial charge in [0.25, 0.3) is 0 Å². The number of carbonyl (C=O) groups is 1. The molecule has 0 atom stereocenters. The summed E-state index contributed by atoms with van der Waals surface area (Å²) in [6, 6.07) is 13.4. The molecule has 1 aliphatic heterocycles. The number of nitrogen functional groups attached to an aromatic ring is 1. The fourth-order valence-electron chi connectivity index (χ4n) is 3.26. The predicted octanol–water partition coefficient (Wildman–Crippen LogP) is 3.75. The maximum atomic E-state index is 12.2. The summed E-state index contributed by atoms with van der Waals surface area (Å²) in [5, 5.41) is 4.40. The monoisotopic (exact) mass is 371 g/mol. The molecule has 4 rings (SSSR count). The first kappa shape index (κ1) is 17.9. The second-order valence-corrected chi connectivity index (χ2v) is 6.68. The van der Waals surface area contributed by atoms with Gasteiger partial charge in [-0.2, -0.15) is 0 Å². The molecule has 0 aliphatic carbocycles.